The molecule has 1 N–H and O–H groups in total. The smallest absolute Gasteiger partial charge is 0.300 e. The lowest BCUT2D eigenvalue weighted by Crippen LogP contribution is -2.29. The number of Topliss-reactive ketones (excluding diaryl/α,β-unsaturated/α-hetero) is 1. The maximum absolute atomic E-state index is 13.8. The third-order valence-electron chi connectivity index (χ3n) is 6.72. The van der Waals surface area contributed by atoms with E-state index in [9.17, 15) is 19.1 Å². The van der Waals surface area contributed by atoms with E-state index in [0.717, 1.165) is 5.56 Å². The summed E-state index contributed by atoms with van der Waals surface area (Å²) in [4.78, 5) is 28.3. The molecule has 1 heterocycles. The fourth-order valence-electron chi connectivity index (χ4n) is 4.76. The van der Waals surface area contributed by atoms with Crippen molar-refractivity contribution in [2.24, 2.45) is 5.92 Å². The molecule has 4 aromatic carbocycles. The lowest BCUT2D eigenvalue weighted by atomic mass is 9.94. The Morgan fingerprint density at radius 1 is 0.902 bits per heavy atom. The summed E-state index contributed by atoms with van der Waals surface area (Å²) in [6, 6.07) is 25.7. The molecule has 1 fully saturated rings. The van der Waals surface area contributed by atoms with Crippen LogP contribution in [0.25, 0.3) is 5.76 Å². The Morgan fingerprint density at radius 2 is 1.61 bits per heavy atom. The fraction of sp³-hybridized carbons (Fsp3) is 0.176. The van der Waals surface area contributed by atoms with Crippen molar-refractivity contribution in [2.75, 3.05) is 11.5 Å². The molecule has 4 aromatic rings. The maximum Gasteiger partial charge on any atom is 0.300 e. The van der Waals surface area contributed by atoms with Crippen molar-refractivity contribution in [3.8, 4) is 17.2 Å². The van der Waals surface area contributed by atoms with Crippen LogP contribution in [0.15, 0.2) is 103 Å². The number of ketones is 1. The Hall–Kier alpha value is -4.91. The van der Waals surface area contributed by atoms with E-state index >= 15 is 0 Å². The average molecular weight is 552 g/mol. The molecule has 1 atom stereocenters. The largest absolute Gasteiger partial charge is 0.507 e. The number of hydrogen-bond acceptors (Lipinski definition) is 5. The van der Waals surface area contributed by atoms with Gasteiger partial charge in [0.15, 0.2) is 0 Å². The van der Waals surface area contributed by atoms with Crippen molar-refractivity contribution in [1.29, 1.82) is 0 Å². The molecule has 5 rings (SSSR count). The van der Waals surface area contributed by atoms with Crippen molar-refractivity contribution in [1.82, 2.24) is 0 Å². The van der Waals surface area contributed by atoms with E-state index in [1.165, 1.54) is 29.2 Å². The molecule has 6 nitrogen and oxygen atoms in total. The van der Waals surface area contributed by atoms with Crippen LogP contribution in [0.2, 0.25) is 0 Å². The highest BCUT2D eigenvalue weighted by Crippen LogP contribution is 2.43. The predicted octanol–water partition coefficient (Wildman–Crippen LogP) is 7.59. The average Bonchev–Trinajstić information content (AvgIpc) is 3.23. The number of aryl methyl sites for hydroxylation is 1. The van der Waals surface area contributed by atoms with Gasteiger partial charge in [-0.3, -0.25) is 14.5 Å². The lowest BCUT2D eigenvalue weighted by Gasteiger charge is -2.26. The monoisotopic (exact) mass is 551 g/mol. The van der Waals surface area contributed by atoms with Crippen LogP contribution < -0.4 is 14.4 Å². The normalized spacial score (nSPS) is 16.3. The van der Waals surface area contributed by atoms with Crippen LogP contribution in [0.4, 0.5) is 10.1 Å². The zero-order valence-electron chi connectivity index (χ0n) is 23.0. The summed E-state index contributed by atoms with van der Waals surface area (Å²) < 4.78 is 25.6. The molecule has 1 amide bonds. The first kappa shape index (κ1) is 27.6. The van der Waals surface area contributed by atoms with Gasteiger partial charge in [0.2, 0.25) is 0 Å². The number of amides is 1. The van der Waals surface area contributed by atoms with Crippen LogP contribution in [0.3, 0.4) is 0 Å². The van der Waals surface area contributed by atoms with Gasteiger partial charge in [-0.05, 0) is 90.7 Å². The van der Waals surface area contributed by atoms with Crippen LogP contribution in [0.1, 0.15) is 36.6 Å². The van der Waals surface area contributed by atoms with E-state index in [1.54, 1.807) is 42.5 Å². The topological polar surface area (TPSA) is 76.1 Å². The molecule has 0 aromatic heterocycles. The van der Waals surface area contributed by atoms with Crippen LogP contribution in [-0.2, 0) is 9.59 Å². The highest BCUT2D eigenvalue weighted by atomic mass is 19.1. The number of carbonyl (C=O) groups is 2. The number of anilines is 1. The minimum Gasteiger partial charge on any atom is -0.507 e. The number of ether oxygens (including phenoxy) is 2. The molecule has 41 heavy (non-hydrogen) atoms. The number of hydrogen-bond donors (Lipinski definition) is 1. The Morgan fingerprint density at radius 3 is 2.29 bits per heavy atom. The second-order valence-electron chi connectivity index (χ2n) is 10.3. The lowest BCUT2D eigenvalue weighted by molar-refractivity contribution is -0.132. The molecule has 0 spiro atoms. The molecule has 1 unspecified atom stereocenters. The summed E-state index contributed by atoms with van der Waals surface area (Å²) in [6.07, 6.45) is 0. The molecular weight excluding hydrogens is 521 g/mol. The van der Waals surface area contributed by atoms with Gasteiger partial charge in [-0.15, -0.1) is 0 Å². The first-order valence-corrected chi connectivity index (χ1v) is 13.4. The number of carbonyl (C=O) groups excluding carboxylic acids is 2. The van der Waals surface area contributed by atoms with Gasteiger partial charge in [-0.2, -0.15) is 0 Å². The van der Waals surface area contributed by atoms with Gasteiger partial charge >= 0.3 is 0 Å². The summed E-state index contributed by atoms with van der Waals surface area (Å²) in [5, 5.41) is 11.5. The predicted molar refractivity (Wildman–Crippen MR) is 156 cm³/mol. The molecule has 0 saturated carbocycles. The van der Waals surface area contributed by atoms with Crippen molar-refractivity contribution in [3.63, 3.8) is 0 Å². The maximum atomic E-state index is 13.8. The third-order valence-corrected chi connectivity index (χ3v) is 6.72. The molecule has 1 saturated heterocycles. The van der Waals surface area contributed by atoms with Crippen molar-refractivity contribution >= 4 is 23.1 Å². The van der Waals surface area contributed by atoms with Gasteiger partial charge in [0.1, 0.15) is 28.8 Å². The van der Waals surface area contributed by atoms with Crippen LogP contribution in [-0.4, -0.2) is 23.4 Å². The molecule has 1 aliphatic heterocycles. The van der Waals surface area contributed by atoms with E-state index in [0.29, 0.717) is 46.6 Å². The van der Waals surface area contributed by atoms with Gasteiger partial charge in [0.25, 0.3) is 11.7 Å². The summed E-state index contributed by atoms with van der Waals surface area (Å²) in [5.74, 6) is -0.347. The SMILES string of the molecule is Cc1cc(/C(O)=C2\C(=O)C(=O)N(c3ccc(F)cc3)C2c2cccc(Oc3ccccc3)c2)ccc1OCC(C)C. The molecular formula is C34H30FNO5. The van der Waals surface area contributed by atoms with E-state index in [1.807, 2.05) is 37.3 Å². The Balaban J connectivity index is 1.62. The molecule has 7 heteroatoms. The van der Waals surface area contributed by atoms with Gasteiger partial charge in [0.05, 0.1) is 18.2 Å². The zero-order chi connectivity index (χ0) is 29.1. The molecule has 1 aliphatic rings. The second kappa shape index (κ2) is 11.7. The first-order valence-electron chi connectivity index (χ1n) is 13.4. The van der Waals surface area contributed by atoms with Crippen LogP contribution in [0.5, 0.6) is 17.2 Å². The van der Waals surface area contributed by atoms with E-state index in [4.69, 9.17) is 9.47 Å². The van der Waals surface area contributed by atoms with E-state index < -0.39 is 23.5 Å². The second-order valence-corrected chi connectivity index (χ2v) is 10.3. The Labute approximate surface area is 238 Å². The number of rotatable bonds is 8. The fourth-order valence-corrected chi connectivity index (χ4v) is 4.76. The van der Waals surface area contributed by atoms with Gasteiger partial charge in [-0.1, -0.05) is 44.2 Å². The van der Waals surface area contributed by atoms with Crippen molar-refractivity contribution in [3.05, 3.63) is 125 Å². The number of halogens is 1. The minimum absolute atomic E-state index is 0.0774. The highest BCUT2D eigenvalue weighted by molar-refractivity contribution is 6.51. The molecule has 0 aliphatic carbocycles. The van der Waals surface area contributed by atoms with Gasteiger partial charge in [-0.25, -0.2) is 4.39 Å². The summed E-state index contributed by atoms with van der Waals surface area (Å²) in [5.41, 5.74) is 1.93. The standard InChI is InChI=1S/C34H30FNO5/c1-21(2)20-40-29-17-12-24(18-22(29)3)32(37)30-31(36(34(39)33(30)38)26-15-13-25(35)14-16-26)23-8-7-11-28(19-23)41-27-9-5-4-6-10-27/h4-19,21,31,37H,20H2,1-3H3/b32-30+. The minimum atomic E-state index is -0.989. The van der Waals surface area contributed by atoms with Crippen LogP contribution >= 0.6 is 0 Å². The Bertz CT molecular complexity index is 1610. The quantitative estimate of drug-likeness (QED) is 0.139. The molecule has 0 radical (unpaired) electrons. The van der Waals surface area contributed by atoms with Gasteiger partial charge < -0.3 is 14.6 Å². The van der Waals surface area contributed by atoms with E-state index in [2.05, 4.69) is 13.8 Å². The summed E-state index contributed by atoms with van der Waals surface area (Å²) in [6.45, 7) is 6.49. The first-order chi connectivity index (χ1) is 19.7. The number of para-hydroxylation sites is 1. The van der Waals surface area contributed by atoms with Crippen molar-refractivity contribution < 1.29 is 28.6 Å². The molecule has 208 valence electrons. The summed E-state index contributed by atoms with van der Waals surface area (Å²) in [7, 11) is 0. The number of benzene rings is 4. The third kappa shape index (κ3) is 5.84. The van der Waals surface area contributed by atoms with E-state index in [-0.39, 0.29) is 11.3 Å². The number of aliphatic hydroxyl groups excluding tert-OH is 1. The summed E-state index contributed by atoms with van der Waals surface area (Å²) >= 11 is 0. The zero-order valence-corrected chi connectivity index (χ0v) is 23.0. The Kier molecular flexibility index (Phi) is 7.88. The highest BCUT2D eigenvalue weighted by Gasteiger charge is 2.47. The number of nitrogens with zero attached hydrogens (tertiary/aromatic N) is 1. The van der Waals surface area contributed by atoms with Gasteiger partial charge in [0, 0.05) is 11.3 Å². The molecule has 0 bridgehead atoms. The number of aliphatic hydroxyl groups is 1. The van der Waals surface area contributed by atoms with Crippen LogP contribution in [0, 0.1) is 18.7 Å². The van der Waals surface area contributed by atoms with Crippen molar-refractivity contribution in [2.45, 2.75) is 26.8 Å².